The highest BCUT2D eigenvalue weighted by Crippen LogP contribution is 2.17. The van der Waals surface area contributed by atoms with E-state index in [1.54, 1.807) is 4.90 Å². The van der Waals surface area contributed by atoms with Crippen LogP contribution < -0.4 is 0 Å². The summed E-state index contributed by atoms with van der Waals surface area (Å²) < 4.78 is 10.6. The largest absolute Gasteiger partial charge is 0.479 e. The molecule has 6 nitrogen and oxygen atoms in total. The minimum absolute atomic E-state index is 0.00243. The Hall–Kier alpha value is -1.14. The lowest BCUT2D eigenvalue weighted by molar-refractivity contribution is -0.160. The summed E-state index contributed by atoms with van der Waals surface area (Å²) in [6.07, 6.45) is 2.53. The number of aliphatic carboxylic acids is 1. The fourth-order valence-corrected chi connectivity index (χ4v) is 2.32. The van der Waals surface area contributed by atoms with E-state index in [4.69, 9.17) is 14.6 Å². The van der Waals surface area contributed by atoms with Crippen LogP contribution in [0.2, 0.25) is 0 Å². The first-order valence-corrected chi connectivity index (χ1v) is 6.40. The van der Waals surface area contributed by atoms with Crippen LogP contribution >= 0.6 is 0 Å². The summed E-state index contributed by atoms with van der Waals surface area (Å²) >= 11 is 0. The third-order valence-electron chi connectivity index (χ3n) is 3.37. The maximum absolute atomic E-state index is 12.0. The van der Waals surface area contributed by atoms with Crippen molar-refractivity contribution in [1.82, 2.24) is 4.90 Å². The van der Waals surface area contributed by atoms with E-state index in [0.29, 0.717) is 13.0 Å². The molecule has 18 heavy (non-hydrogen) atoms. The molecule has 0 spiro atoms. The minimum atomic E-state index is -1.01. The average molecular weight is 257 g/mol. The summed E-state index contributed by atoms with van der Waals surface area (Å²) in [6.45, 7) is 1.61. The van der Waals surface area contributed by atoms with Crippen molar-refractivity contribution in [2.45, 2.75) is 37.9 Å². The van der Waals surface area contributed by atoms with Gasteiger partial charge in [-0.15, -0.1) is 0 Å². The summed E-state index contributed by atoms with van der Waals surface area (Å²) in [6, 6.07) is 0. The molecule has 0 aromatic rings. The van der Waals surface area contributed by atoms with E-state index in [1.807, 2.05) is 0 Å². The van der Waals surface area contributed by atoms with Crippen LogP contribution in [0.4, 0.5) is 0 Å². The second-order valence-corrected chi connectivity index (χ2v) is 4.73. The fourth-order valence-electron chi connectivity index (χ4n) is 2.32. The zero-order valence-corrected chi connectivity index (χ0v) is 10.3. The molecule has 0 unspecified atom stereocenters. The lowest BCUT2D eigenvalue weighted by Gasteiger charge is -2.32. The van der Waals surface area contributed by atoms with Crippen LogP contribution in [-0.2, 0) is 19.1 Å². The van der Waals surface area contributed by atoms with Gasteiger partial charge in [0.05, 0.1) is 25.7 Å². The molecule has 0 bridgehead atoms. The molecule has 1 N–H and O–H groups in total. The van der Waals surface area contributed by atoms with E-state index >= 15 is 0 Å². The standard InChI is InChI=1S/C12H19NO5/c14-11(7-9-3-1-2-5-17-9)13-4-6-18-10(8-13)12(15)16/h9-10H,1-8H2,(H,15,16)/t9-,10-/m1/s1. The molecule has 6 heteroatoms. The summed E-state index contributed by atoms with van der Waals surface area (Å²) in [7, 11) is 0. The molecule has 0 aromatic carbocycles. The van der Waals surface area contributed by atoms with Gasteiger partial charge >= 0.3 is 5.97 Å². The zero-order chi connectivity index (χ0) is 13.0. The van der Waals surface area contributed by atoms with Crippen molar-refractivity contribution in [2.24, 2.45) is 0 Å². The van der Waals surface area contributed by atoms with Crippen LogP contribution in [0, 0.1) is 0 Å². The molecule has 0 aliphatic carbocycles. The Morgan fingerprint density at radius 3 is 2.72 bits per heavy atom. The van der Waals surface area contributed by atoms with Crippen LogP contribution in [0.25, 0.3) is 0 Å². The fraction of sp³-hybridized carbons (Fsp3) is 0.833. The summed E-state index contributed by atoms with van der Waals surface area (Å²) in [5.74, 6) is -1.04. The number of hydrogen-bond donors (Lipinski definition) is 1. The monoisotopic (exact) mass is 257 g/mol. The Morgan fingerprint density at radius 1 is 1.22 bits per heavy atom. The van der Waals surface area contributed by atoms with Gasteiger partial charge in [0.15, 0.2) is 6.10 Å². The number of hydrogen-bond acceptors (Lipinski definition) is 4. The third-order valence-corrected chi connectivity index (χ3v) is 3.37. The van der Waals surface area contributed by atoms with E-state index < -0.39 is 12.1 Å². The number of rotatable bonds is 3. The van der Waals surface area contributed by atoms with Crippen LogP contribution in [0.5, 0.6) is 0 Å². The molecule has 2 atom stereocenters. The molecule has 2 heterocycles. The van der Waals surface area contributed by atoms with E-state index in [-0.39, 0.29) is 25.2 Å². The zero-order valence-electron chi connectivity index (χ0n) is 10.3. The van der Waals surface area contributed by atoms with Gasteiger partial charge in [0.2, 0.25) is 5.91 Å². The molecule has 2 aliphatic rings. The first kappa shape index (κ1) is 13.3. The van der Waals surface area contributed by atoms with E-state index in [0.717, 1.165) is 25.9 Å². The van der Waals surface area contributed by atoms with Crippen molar-refractivity contribution in [3.05, 3.63) is 0 Å². The Labute approximate surface area is 106 Å². The SMILES string of the molecule is O=C(O)[C@H]1CN(C(=O)C[C@H]2CCCCO2)CCO1. The maximum atomic E-state index is 12.0. The smallest absolute Gasteiger partial charge is 0.334 e. The lowest BCUT2D eigenvalue weighted by atomic mass is 10.1. The molecule has 0 radical (unpaired) electrons. The number of ether oxygens (including phenoxy) is 2. The molecule has 2 fully saturated rings. The maximum Gasteiger partial charge on any atom is 0.334 e. The second kappa shape index (κ2) is 6.15. The number of amides is 1. The van der Waals surface area contributed by atoms with Crippen molar-refractivity contribution >= 4 is 11.9 Å². The Kier molecular flexibility index (Phi) is 4.54. The van der Waals surface area contributed by atoms with Gasteiger partial charge in [-0.25, -0.2) is 4.79 Å². The van der Waals surface area contributed by atoms with Gasteiger partial charge in [-0.05, 0) is 19.3 Å². The Morgan fingerprint density at radius 2 is 2.06 bits per heavy atom. The molecule has 2 aliphatic heterocycles. The number of carboxylic acid groups (broad SMARTS) is 1. The number of nitrogens with zero attached hydrogens (tertiary/aromatic N) is 1. The van der Waals surface area contributed by atoms with Gasteiger partial charge in [-0.1, -0.05) is 0 Å². The van der Waals surface area contributed by atoms with Crippen molar-refractivity contribution in [1.29, 1.82) is 0 Å². The average Bonchev–Trinajstić information content (AvgIpc) is 2.40. The Bertz CT molecular complexity index is 314. The number of morpholine rings is 1. The first-order valence-electron chi connectivity index (χ1n) is 6.40. The highest BCUT2D eigenvalue weighted by Gasteiger charge is 2.30. The molecule has 2 rings (SSSR count). The van der Waals surface area contributed by atoms with Crippen LogP contribution in [-0.4, -0.2) is 60.4 Å². The molecule has 1 amide bonds. The third kappa shape index (κ3) is 3.43. The van der Waals surface area contributed by atoms with Crippen LogP contribution in [0.15, 0.2) is 0 Å². The topological polar surface area (TPSA) is 76.1 Å². The van der Waals surface area contributed by atoms with Gasteiger partial charge in [0.1, 0.15) is 0 Å². The summed E-state index contributed by atoms with van der Waals surface area (Å²) in [4.78, 5) is 24.4. The predicted octanol–water partition coefficient (Wildman–Crippen LogP) is 0.258. The van der Waals surface area contributed by atoms with Gasteiger partial charge < -0.3 is 19.5 Å². The normalized spacial score (nSPS) is 29.0. The molecular weight excluding hydrogens is 238 g/mol. The van der Waals surface area contributed by atoms with E-state index in [2.05, 4.69) is 0 Å². The van der Waals surface area contributed by atoms with Gasteiger partial charge in [-0.2, -0.15) is 0 Å². The highest BCUT2D eigenvalue weighted by atomic mass is 16.5. The first-order chi connectivity index (χ1) is 8.66. The van der Waals surface area contributed by atoms with Crippen LogP contribution in [0.3, 0.4) is 0 Å². The predicted molar refractivity (Wildman–Crippen MR) is 62.2 cm³/mol. The highest BCUT2D eigenvalue weighted by molar-refractivity contribution is 5.79. The van der Waals surface area contributed by atoms with Gasteiger partial charge in [0, 0.05) is 13.2 Å². The van der Waals surface area contributed by atoms with Gasteiger partial charge in [-0.3, -0.25) is 4.79 Å². The quantitative estimate of drug-likeness (QED) is 0.784. The molecular formula is C12H19NO5. The van der Waals surface area contributed by atoms with Gasteiger partial charge in [0.25, 0.3) is 0 Å². The number of carbonyl (C=O) groups excluding carboxylic acids is 1. The van der Waals surface area contributed by atoms with Crippen LogP contribution in [0.1, 0.15) is 25.7 Å². The lowest BCUT2D eigenvalue weighted by Crippen LogP contribution is -2.49. The van der Waals surface area contributed by atoms with Crippen molar-refractivity contribution in [3.8, 4) is 0 Å². The van der Waals surface area contributed by atoms with E-state index in [1.165, 1.54) is 0 Å². The Balaban J connectivity index is 1.82. The molecule has 102 valence electrons. The molecule has 0 aromatic heterocycles. The number of carbonyl (C=O) groups is 2. The minimum Gasteiger partial charge on any atom is -0.479 e. The van der Waals surface area contributed by atoms with Crippen molar-refractivity contribution in [3.63, 3.8) is 0 Å². The summed E-state index contributed by atoms with van der Waals surface area (Å²) in [5, 5.41) is 8.87. The molecule has 0 saturated carbocycles. The molecule has 2 saturated heterocycles. The second-order valence-electron chi connectivity index (χ2n) is 4.73. The number of carboxylic acids is 1. The van der Waals surface area contributed by atoms with E-state index in [9.17, 15) is 9.59 Å². The van der Waals surface area contributed by atoms with Crippen molar-refractivity contribution in [2.75, 3.05) is 26.3 Å². The van der Waals surface area contributed by atoms with Crippen molar-refractivity contribution < 1.29 is 24.2 Å². The summed E-state index contributed by atoms with van der Waals surface area (Å²) in [5.41, 5.74) is 0.